The van der Waals surface area contributed by atoms with Crippen LogP contribution in [0.4, 0.5) is 5.82 Å². The molecule has 0 aliphatic carbocycles. The fraction of sp³-hybridized carbons (Fsp3) is 0.400. The topological polar surface area (TPSA) is 47.0 Å². The third-order valence-corrected chi connectivity index (χ3v) is 5.20. The lowest BCUT2D eigenvalue weighted by atomic mass is 10.1. The van der Waals surface area contributed by atoms with Gasteiger partial charge in [0.25, 0.3) is 0 Å². The molecular formula is C20H25N3OS. The van der Waals surface area contributed by atoms with Crippen molar-refractivity contribution in [2.24, 2.45) is 0 Å². The van der Waals surface area contributed by atoms with Crippen LogP contribution < -0.4 is 10.1 Å². The Bertz CT molecular complexity index is 798. The molecular weight excluding hydrogens is 330 g/mol. The molecule has 0 saturated heterocycles. The van der Waals surface area contributed by atoms with Crippen LogP contribution in [0.15, 0.2) is 36.0 Å². The second kappa shape index (κ2) is 8.81. The molecule has 0 atom stereocenters. The van der Waals surface area contributed by atoms with E-state index in [-0.39, 0.29) is 0 Å². The zero-order valence-electron chi connectivity index (χ0n) is 14.9. The smallest absolute Gasteiger partial charge is 0.138 e. The van der Waals surface area contributed by atoms with E-state index in [0.717, 1.165) is 47.8 Å². The second-order valence-electron chi connectivity index (χ2n) is 6.20. The first-order valence-corrected chi connectivity index (χ1v) is 9.80. The van der Waals surface area contributed by atoms with Crippen LogP contribution in [0.25, 0.3) is 10.2 Å². The van der Waals surface area contributed by atoms with Crippen LogP contribution in [-0.2, 0) is 6.42 Å². The highest BCUT2D eigenvalue weighted by Gasteiger charge is 2.08. The number of nitrogens with zero attached hydrogens (tertiary/aromatic N) is 2. The summed E-state index contributed by atoms with van der Waals surface area (Å²) in [6.07, 6.45) is 6.15. The van der Waals surface area contributed by atoms with E-state index in [1.807, 2.05) is 0 Å². The number of hydrogen-bond donors (Lipinski definition) is 1. The molecule has 4 nitrogen and oxygen atoms in total. The molecule has 1 aromatic carbocycles. The van der Waals surface area contributed by atoms with Crippen molar-refractivity contribution in [1.29, 1.82) is 0 Å². The predicted molar refractivity (Wildman–Crippen MR) is 106 cm³/mol. The van der Waals surface area contributed by atoms with Crippen molar-refractivity contribution in [2.45, 2.75) is 39.5 Å². The first kappa shape index (κ1) is 17.7. The molecule has 3 aromatic rings. The normalized spacial score (nSPS) is 11.0. The Kier molecular flexibility index (Phi) is 6.23. The molecule has 0 amide bonds. The highest BCUT2D eigenvalue weighted by Crippen LogP contribution is 2.28. The van der Waals surface area contributed by atoms with Gasteiger partial charge in [0.15, 0.2) is 0 Å². The summed E-state index contributed by atoms with van der Waals surface area (Å²) in [6, 6.07) is 8.41. The summed E-state index contributed by atoms with van der Waals surface area (Å²) in [5, 5.41) is 6.72. The number of nitrogens with one attached hydrogen (secondary N) is 1. The van der Waals surface area contributed by atoms with Crippen molar-refractivity contribution >= 4 is 27.4 Å². The fourth-order valence-electron chi connectivity index (χ4n) is 2.77. The van der Waals surface area contributed by atoms with Gasteiger partial charge in [-0.2, -0.15) is 0 Å². The van der Waals surface area contributed by atoms with E-state index in [2.05, 4.69) is 58.8 Å². The number of fused-ring (bicyclic) bond motifs is 1. The van der Waals surface area contributed by atoms with Crippen LogP contribution in [0.5, 0.6) is 5.75 Å². The van der Waals surface area contributed by atoms with Gasteiger partial charge in [-0.05, 0) is 48.4 Å². The molecule has 5 heteroatoms. The van der Waals surface area contributed by atoms with E-state index in [1.165, 1.54) is 24.0 Å². The molecule has 0 spiro atoms. The second-order valence-corrected chi connectivity index (χ2v) is 7.06. The average Bonchev–Trinajstić information content (AvgIpc) is 3.02. The van der Waals surface area contributed by atoms with Crippen molar-refractivity contribution < 1.29 is 4.74 Å². The van der Waals surface area contributed by atoms with Crippen LogP contribution in [0, 0.1) is 6.92 Å². The zero-order chi connectivity index (χ0) is 17.5. The minimum atomic E-state index is 0.804. The molecule has 0 aliphatic heterocycles. The minimum Gasteiger partial charge on any atom is -0.494 e. The maximum Gasteiger partial charge on any atom is 0.138 e. The molecule has 0 radical (unpaired) electrons. The first-order chi connectivity index (χ1) is 12.3. The van der Waals surface area contributed by atoms with Gasteiger partial charge in [0.05, 0.1) is 12.0 Å². The van der Waals surface area contributed by atoms with Gasteiger partial charge >= 0.3 is 0 Å². The highest BCUT2D eigenvalue weighted by molar-refractivity contribution is 7.17. The Morgan fingerprint density at radius 1 is 1.12 bits per heavy atom. The number of aryl methyl sites for hydroxylation is 1. The standard InChI is InChI=1S/C20H25N3OS/c1-3-4-5-12-24-17-8-6-16(7-9-17)10-11-21-19-18-15(2)13-25-20(18)23-14-22-19/h6-9,13-14H,3-5,10-12H2,1-2H3,(H,21,22,23). The fourth-order valence-corrected chi connectivity index (χ4v) is 3.66. The van der Waals surface area contributed by atoms with Crippen LogP contribution in [0.3, 0.4) is 0 Å². The number of aromatic nitrogens is 2. The number of thiophene rings is 1. The van der Waals surface area contributed by atoms with Crippen LogP contribution in [-0.4, -0.2) is 23.1 Å². The van der Waals surface area contributed by atoms with Crippen molar-refractivity contribution in [3.05, 3.63) is 47.1 Å². The molecule has 0 unspecified atom stereocenters. The van der Waals surface area contributed by atoms with Gasteiger partial charge in [-0.3, -0.25) is 0 Å². The van der Waals surface area contributed by atoms with Gasteiger partial charge in [0.2, 0.25) is 0 Å². The summed E-state index contributed by atoms with van der Waals surface area (Å²) in [4.78, 5) is 9.77. The molecule has 0 bridgehead atoms. The van der Waals surface area contributed by atoms with Crippen LogP contribution in [0.2, 0.25) is 0 Å². The van der Waals surface area contributed by atoms with Crippen molar-refractivity contribution in [2.75, 3.05) is 18.5 Å². The van der Waals surface area contributed by atoms with E-state index < -0.39 is 0 Å². The largest absolute Gasteiger partial charge is 0.494 e. The Morgan fingerprint density at radius 3 is 2.76 bits per heavy atom. The highest BCUT2D eigenvalue weighted by atomic mass is 32.1. The van der Waals surface area contributed by atoms with Gasteiger partial charge in [-0.25, -0.2) is 9.97 Å². The molecule has 132 valence electrons. The zero-order valence-corrected chi connectivity index (χ0v) is 15.7. The van der Waals surface area contributed by atoms with Gasteiger partial charge in [0, 0.05) is 6.54 Å². The van der Waals surface area contributed by atoms with Crippen molar-refractivity contribution in [1.82, 2.24) is 9.97 Å². The van der Waals surface area contributed by atoms with E-state index in [9.17, 15) is 0 Å². The number of rotatable bonds is 9. The van der Waals surface area contributed by atoms with E-state index >= 15 is 0 Å². The molecule has 1 N–H and O–H groups in total. The van der Waals surface area contributed by atoms with E-state index in [0.29, 0.717) is 0 Å². The van der Waals surface area contributed by atoms with E-state index in [4.69, 9.17) is 4.74 Å². The number of ether oxygens (including phenoxy) is 1. The minimum absolute atomic E-state index is 0.804. The summed E-state index contributed by atoms with van der Waals surface area (Å²) in [6.45, 7) is 5.96. The van der Waals surface area contributed by atoms with Crippen molar-refractivity contribution in [3.8, 4) is 5.75 Å². The SMILES string of the molecule is CCCCCOc1ccc(CCNc2ncnc3scc(C)c23)cc1. The third-order valence-electron chi connectivity index (χ3n) is 4.20. The summed E-state index contributed by atoms with van der Waals surface area (Å²) in [5.41, 5.74) is 2.52. The summed E-state index contributed by atoms with van der Waals surface area (Å²) >= 11 is 1.66. The van der Waals surface area contributed by atoms with Gasteiger partial charge < -0.3 is 10.1 Å². The summed E-state index contributed by atoms with van der Waals surface area (Å²) in [7, 11) is 0. The summed E-state index contributed by atoms with van der Waals surface area (Å²) in [5.74, 6) is 1.89. The molecule has 2 aromatic heterocycles. The summed E-state index contributed by atoms with van der Waals surface area (Å²) < 4.78 is 5.76. The van der Waals surface area contributed by atoms with Gasteiger partial charge in [-0.1, -0.05) is 31.9 Å². The van der Waals surface area contributed by atoms with Crippen molar-refractivity contribution in [3.63, 3.8) is 0 Å². The number of hydrogen-bond acceptors (Lipinski definition) is 5. The maximum atomic E-state index is 5.76. The number of unbranched alkanes of at least 4 members (excludes halogenated alkanes) is 2. The molecule has 0 aliphatic rings. The Labute approximate surface area is 153 Å². The average molecular weight is 356 g/mol. The maximum absolute atomic E-state index is 5.76. The quantitative estimate of drug-likeness (QED) is 0.534. The third kappa shape index (κ3) is 4.69. The lowest BCUT2D eigenvalue weighted by Gasteiger charge is -2.09. The molecule has 2 heterocycles. The molecule has 3 rings (SSSR count). The van der Waals surface area contributed by atoms with Gasteiger partial charge in [0.1, 0.15) is 22.7 Å². The Hall–Kier alpha value is -2.14. The van der Waals surface area contributed by atoms with E-state index in [1.54, 1.807) is 17.7 Å². The number of anilines is 1. The van der Waals surface area contributed by atoms with Gasteiger partial charge in [-0.15, -0.1) is 11.3 Å². The lowest BCUT2D eigenvalue weighted by molar-refractivity contribution is 0.306. The Morgan fingerprint density at radius 2 is 1.96 bits per heavy atom. The monoisotopic (exact) mass is 355 g/mol. The first-order valence-electron chi connectivity index (χ1n) is 8.92. The number of benzene rings is 1. The molecule has 0 fully saturated rings. The van der Waals surface area contributed by atoms with Crippen LogP contribution >= 0.6 is 11.3 Å². The lowest BCUT2D eigenvalue weighted by Crippen LogP contribution is -2.07. The van der Waals surface area contributed by atoms with Crippen LogP contribution in [0.1, 0.15) is 37.3 Å². The molecule has 25 heavy (non-hydrogen) atoms. The predicted octanol–water partition coefficient (Wildman–Crippen LogP) is 5.22. The molecule has 0 saturated carbocycles. The Balaban J connectivity index is 1.51.